The normalized spacial score (nSPS) is 16.3. The van der Waals surface area contributed by atoms with Crippen molar-refractivity contribution in [2.45, 2.75) is 25.7 Å². The summed E-state index contributed by atoms with van der Waals surface area (Å²) in [6.45, 7) is 2.65. The third kappa shape index (κ3) is 5.00. The average Bonchev–Trinajstić information content (AvgIpc) is 3.39. The fraction of sp³-hybridized carbons (Fsp3) is 0.217. The smallest absolute Gasteiger partial charge is 0.250 e. The minimum atomic E-state index is -0.293. The molecule has 1 atom stereocenters. The molecule has 1 saturated heterocycles. The van der Waals surface area contributed by atoms with Crippen LogP contribution in [0.4, 0.5) is 10.8 Å². The van der Waals surface area contributed by atoms with Crippen molar-refractivity contribution in [2.24, 2.45) is 0 Å². The SMILES string of the molecule is CCc1ccccc1N1CC(c2nnc(NC(=O)/C=C/c3ccc(Cl)cc3)s2)CC1=O. The number of anilines is 2. The number of halogens is 1. The number of amides is 2. The molecular weight excluding hydrogens is 432 g/mol. The molecule has 2 heterocycles. The highest BCUT2D eigenvalue weighted by Crippen LogP contribution is 2.35. The van der Waals surface area contributed by atoms with Gasteiger partial charge in [-0.2, -0.15) is 0 Å². The summed E-state index contributed by atoms with van der Waals surface area (Å²) in [6.07, 6.45) is 4.39. The van der Waals surface area contributed by atoms with Gasteiger partial charge in [0, 0.05) is 35.7 Å². The second kappa shape index (κ2) is 9.41. The molecule has 0 aliphatic carbocycles. The maximum atomic E-state index is 12.6. The van der Waals surface area contributed by atoms with Gasteiger partial charge in [-0.3, -0.25) is 14.9 Å². The summed E-state index contributed by atoms with van der Waals surface area (Å²) in [6, 6.07) is 15.2. The van der Waals surface area contributed by atoms with Crippen LogP contribution in [0, 0.1) is 0 Å². The number of carbonyl (C=O) groups is 2. The molecule has 8 heteroatoms. The molecule has 0 saturated carbocycles. The van der Waals surface area contributed by atoms with E-state index in [0.29, 0.717) is 23.1 Å². The topological polar surface area (TPSA) is 75.2 Å². The van der Waals surface area contributed by atoms with E-state index < -0.39 is 0 Å². The van der Waals surface area contributed by atoms with Crippen LogP contribution in [0.15, 0.2) is 54.6 Å². The molecular formula is C23H21ClN4O2S. The number of hydrogen-bond acceptors (Lipinski definition) is 5. The molecule has 0 spiro atoms. The third-order valence-electron chi connectivity index (χ3n) is 5.11. The molecule has 1 N–H and O–H groups in total. The Kier molecular flexibility index (Phi) is 6.44. The van der Waals surface area contributed by atoms with Crippen molar-refractivity contribution < 1.29 is 9.59 Å². The first-order valence-corrected chi connectivity index (χ1v) is 11.2. The first-order chi connectivity index (χ1) is 15.0. The van der Waals surface area contributed by atoms with Crippen LogP contribution in [-0.2, 0) is 16.0 Å². The molecule has 1 aliphatic heterocycles. The summed E-state index contributed by atoms with van der Waals surface area (Å²) < 4.78 is 0. The molecule has 0 bridgehead atoms. The van der Waals surface area contributed by atoms with Crippen molar-refractivity contribution in [3.8, 4) is 0 Å². The Balaban J connectivity index is 1.40. The Morgan fingerprint density at radius 1 is 1.23 bits per heavy atom. The van der Waals surface area contributed by atoms with Gasteiger partial charge in [-0.05, 0) is 41.8 Å². The molecule has 3 aromatic rings. The second-order valence-corrected chi connectivity index (χ2v) is 8.65. The van der Waals surface area contributed by atoms with E-state index >= 15 is 0 Å². The number of hydrogen-bond donors (Lipinski definition) is 1. The summed E-state index contributed by atoms with van der Waals surface area (Å²) in [4.78, 5) is 26.7. The number of rotatable bonds is 6. The lowest BCUT2D eigenvalue weighted by atomic mass is 10.1. The Hall–Kier alpha value is -3.03. The second-order valence-electron chi connectivity index (χ2n) is 7.21. The molecule has 1 aromatic heterocycles. The highest BCUT2D eigenvalue weighted by Gasteiger charge is 2.34. The van der Waals surface area contributed by atoms with Gasteiger partial charge in [-0.1, -0.05) is 60.2 Å². The average molecular weight is 453 g/mol. The van der Waals surface area contributed by atoms with Gasteiger partial charge in [0.25, 0.3) is 0 Å². The molecule has 2 amide bonds. The standard InChI is InChI=1S/C23H21ClN4O2S/c1-2-16-5-3-4-6-19(16)28-14-17(13-21(28)30)22-26-27-23(31-22)25-20(29)12-9-15-7-10-18(24)11-8-15/h3-12,17H,2,13-14H2,1H3,(H,25,27,29)/b12-9+. The van der Waals surface area contributed by atoms with Gasteiger partial charge in [-0.15, -0.1) is 10.2 Å². The highest BCUT2D eigenvalue weighted by atomic mass is 35.5. The molecule has 31 heavy (non-hydrogen) atoms. The van der Waals surface area contributed by atoms with Gasteiger partial charge < -0.3 is 4.90 Å². The van der Waals surface area contributed by atoms with Crippen LogP contribution in [0.2, 0.25) is 5.02 Å². The molecule has 0 radical (unpaired) electrons. The number of benzene rings is 2. The summed E-state index contributed by atoms with van der Waals surface area (Å²) in [5, 5.41) is 12.8. The van der Waals surface area contributed by atoms with Gasteiger partial charge in [0.2, 0.25) is 16.9 Å². The number of carbonyl (C=O) groups excluding carboxylic acids is 2. The lowest BCUT2D eigenvalue weighted by molar-refractivity contribution is -0.117. The van der Waals surface area contributed by atoms with Crippen molar-refractivity contribution in [3.05, 3.63) is 75.8 Å². The van der Waals surface area contributed by atoms with Crippen LogP contribution in [0.5, 0.6) is 0 Å². The van der Waals surface area contributed by atoms with E-state index in [9.17, 15) is 9.59 Å². The molecule has 6 nitrogen and oxygen atoms in total. The van der Waals surface area contributed by atoms with Gasteiger partial charge in [0.05, 0.1) is 0 Å². The van der Waals surface area contributed by atoms with E-state index in [1.54, 1.807) is 18.2 Å². The van der Waals surface area contributed by atoms with Crippen LogP contribution >= 0.6 is 22.9 Å². The maximum absolute atomic E-state index is 12.6. The maximum Gasteiger partial charge on any atom is 0.250 e. The van der Waals surface area contributed by atoms with Crippen LogP contribution in [0.1, 0.15) is 35.4 Å². The summed E-state index contributed by atoms with van der Waals surface area (Å²) in [7, 11) is 0. The van der Waals surface area contributed by atoms with Crippen molar-refractivity contribution in [1.29, 1.82) is 0 Å². The van der Waals surface area contributed by atoms with Gasteiger partial charge in [-0.25, -0.2) is 0 Å². The van der Waals surface area contributed by atoms with Gasteiger partial charge >= 0.3 is 0 Å². The Labute approximate surface area is 189 Å². The number of nitrogens with one attached hydrogen (secondary N) is 1. The third-order valence-corrected chi connectivity index (χ3v) is 6.36. The lowest BCUT2D eigenvalue weighted by Gasteiger charge is -2.19. The zero-order chi connectivity index (χ0) is 21.8. The summed E-state index contributed by atoms with van der Waals surface area (Å²) >= 11 is 7.17. The molecule has 1 fully saturated rings. The van der Waals surface area contributed by atoms with Crippen molar-refractivity contribution in [1.82, 2.24) is 10.2 Å². The van der Waals surface area contributed by atoms with Gasteiger partial charge in [0.1, 0.15) is 5.01 Å². The van der Waals surface area contributed by atoms with E-state index in [1.807, 2.05) is 41.3 Å². The van der Waals surface area contributed by atoms with E-state index in [2.05, 4.69) is 22.4 Å². The predicted octanol–water partition coefficient (Wildman–Crippen LogP) is 4.93. The monoisotopic (exact) mass is 452 g/mol. The van der Waals surface area contributed by atoms with Crippen LogP contribution in [0.25, 0.3) is 6.08 Å². The van der Waals surface area contributed by atoms with Crippen molar-refractivity contribution in [3.63, 3.8) is 0 Å². The molecule has 4 rings (SSSR count). The van der Waals surface area contributed by atoms with Crippen molar-refractivity contribution >= 4 is 51.6 Å². The van der Waals surface area contributed by atoms with E-state index in [-0.39, 0.29) is 17.7 Å². The molecule has 2 aromatic carbocycles. The van der Waals surface area contributed by atoms with E-state index in [0.717, 1.165) is 28.2 Å². The lowest BCUT2D eigenvalue weighted by Crippen LogP contribution is -2.25. The highest BCUT2D eigenvalue weighted by molar-refractivity contribution is 7.15. The minimum absolute atomic E-state index is 0.0369. The van der Waals surface area contributed by atoms with Crippen molar-refractivity contribution in [2.75, 3.05) is 16.8 Å². The number of aryl methyl sites for hydroxylation is 1. The summed E-state index contributed by atoms with van der Waals surface area (Å²) in [5.74, 6) is -0.249. The number of aromatic nitrogens is 2. The fourth-order valence-electron chi connectivity index (χ4n) is 3.52. The van der Waals surface area contributed by atoms with E-state index in [1.165, 1.54) is 17.4 Å². The Bertz CT molecular complexity index is 1130. The summed E-state index contributed by atoms with van der Waals surface area (Å²) in [5.41, 5.74) is 2.98. The van der Waals surface area contributed by atoms with Crippen LogP contribution in [0.3, 0.4) is 0 Å². The van der Waals surface area contributed by atoms with Gasteiger partial charge in [0.15, 0.2) is 0 Å². The first-order valence-electron chi connectivity index (χ1n) is 9.99. The Morgan fingerprint density at radius 2 is 2.00 bits per heavy atom. The van der Waals surface area contributed by atoms with E-state index in [4.69, 9.17) is 11.6 Å². The molecule has 1 aliphatic rings. The number of para-hydroxylation sites is 1. The molecule has 1 unspecified atom stereocenters. The minimum Gasteiger partial charge on any atom is -0.311 e. The predicted molar refractivity (Wildman–Crippen MR) is 125 cm³/mol. The fourth-order valence-corrected chi connectivity index (χ4v) is 4.49. The number of nitrogens with zero attached hydrogens (tertiary/aromatic N) is 3. The first kappa shape index (κ1) is 21.2. The Morgan fingerprint density at radius 3 is 2.77 bits per heavy atom. The van der Waals surface area contributed by atoms with Crippen LogP contribution < -0.4 is 10.2 Å². The zero-order valence-corrected chi connectivity index (χ0v) is 18.5. The van der Waals surface area contributed by atoms with Crippen LogP contribution in [-0.4, -0.2) is 28.6 Å². The largest absolute Gasteiger partial charge is 0.311 e. The molecule has 158 valence electrons. The quantitative estimate of drug-likeness (QED) is 0.538. The zero-order valence-electron chi connectivity index (χ0n) is 16.9.